The molecule has 0 bridgehead atoms. The lowest BCUT2D eigenvalue weighted by Gasteiger charge is -2.36. The number of fused-ring (bicyclic) bond motifs is 1. The quantitative estimate of drug-likeness (QED) is 0.904. The summed E-state index contributed by atoms with van der Waals surface area (Å²) in [6.07, 6.45) is 5.91. The lowest BCUT2D eigenvalue weighted by Crippen LogP contribution is -2.52. The van der Waals surface area contributed by atoms with Gasteiger partial charge in [-0.2, -0.15) is 0 Å². The summed E-state index contributed by atoms with van der Waals surface area (Å²) < 4.78 is 5.66. The molecule has 2 aliphatic rings. The van der Waals surface area contributed by atoms with E-state index in [-0.39, 0.29) is 12.1 Å². The number of urea groups is 1. The Kier molecular flexibility index (Phi) is 4.37. The highest BCUT2D eigenvalue weighted by Crippen LogP contribution is 2.31. The Balaban J connectivity index is 1.36. The van der Waals surface area contributed by atoms with Crippen LogP contribution in [0.1, 0.15) is 18.0 Å². The van der Waals surface area contributed by atoms with Crippen LogP contribution in [-0.2, 0) is 0 Å². The van der Waals surface area contributed by atoms with E-state index in [0.717, 1.165) is 36.6 Å². The van der Waals surface area contributed by atoms with Crippen LogP contribution in [0.25, 0.3) is 0 Å². The fourth-order valence-corrected chi connectivity index (χ4v) is 3.33. The van der Waals surface area contributed by atoms with Crippen LogP contribution < -0.4 is 15.0 Å². The van der Waals surface area contributed by atoms with Crippen molar-refractivity contribution in [2.45, 2.75) is 12.5 Å². The number of amides is 2. The van der Waals surface area contributed by atoms with Crippen LogP contribution >= 0.6 is 0 Å². The van der Waals surface area contributed by atoms with Crippen molar-refractivity contribution in [3.63, 3.8) is 0 Å². The zero-order valence-electron chi connectivity index (χ0n) is 14.0. The molecule has 2 aliphatic heterocycles. The summed E-state index contributed by atoms with van der Waals surface area (Å²) in [6, 6.07) is 7.90. The highest BCUT2D eigenvalue weighted by molar-refractivity contribution is 5.75. The van der Waals surface area contributed by atoms with E-state index in [1.54, 1.807) is 18.6 Å². The zero-order chi connectivity index (χ0) is 17.1. The Morgan fingerprint density at radius 1 is 1.16 bits per heavy atom. The van der Waals surface area contributed by atoms with E-state index in [2.05, 4.69) is 20.2 Å². The molecular weight excluding hydrogens is 318 g/mol. The normalized spacial score (nSPS) is 19.8. The second-order valence-corrected chi connectivity index (χ2v) is 6.21. The minimum atomic E-state index is -0.0134. The van der Waals surface area contributed by atoms with E-state index in [9.17, 15) is 4.79 Å². The summed E-state index contributed by atoms with van der Waals surface area (Å²) in [5.74, 6) is 1.73. The maximum Gasteiger partial charge on any atom is 0.318 e. The number of benzene rings is 1. The number of nitrogens with one attached hydrogen (secondary N) is 1. The Morgan fingerprint density at radius 3 is 2.80 bits per heavy atom. The van der Waals surface area contributed by atoms with Gasteiger partial charge in [-0.3, -0.25) is 4.98 Å². The van der Waals surface area contributed by atoms with Gasteiger partial charge in [0.05, 0.1) is 18.8 Å². The molecule has 1 fully saturated rings. The Hall–Kier alpha value is -2.83. The molecule has 7 nitrogen and oxygen atoms in total. The van der Waals surface area contributed by atoms with Crippen molar-refractivity contribution in [1.82, 2.24) is 20.2 Å². The van der Waals surface area contributed by atoms with Crippen LogP contribution in [0.5, 0.6) is 5.75 Å². The summed E-state index contributed by atoms with van der Waals surface area (Å²) in [5.41, 5.74) is 1.06. The van der Waals surface area contributed by atoms with E-state index >= 15 is 0 Å². The second-order valence-electron chi connectivity index (χ2n) is 6.21. The summed E-state index contributed by atoms with van der Waals surface area (Å²) in [6.45, 7) is 3.50. The van der Waals surface area contributed by atoms with Gasteiger partial charge < -0.3 is 19.9 Å². The molecule has 4 rings (SSSR count). The first kappa shape index (κ1) is 15.7. The van der Waals surface area contributed by atoms with Crippen LogP contribution in [0.2, 0.25) is 0 Å². The molecule has 0 spiro atoms. The Bertz CT molecular complexity index is 731. The van der Waals surface area contributed by atoms with Gasteiger partial charge in [0.1, 0.15) is 11.6 Å². The molecule has 0 radical (unpaired) electrons. The van der Waals surface area contributed by atoms with Crippen molar-refractivity contribution in [2.24, 2.45) is 0 Å². The van der Waals surface area contributed by atoms with E-state index in [1.165, 1.54) is 0 Å². The molecule has 1 unspecified atom stereocenters. The standard InChI is InChI=1S/C18H21N5O2/c24-18(21-15-5-12-25-16-4-2-1-3-14(15)16)23-10-8-22(9-11-23)17-13-19-6-7-20-17/h1-4,6-7,13,15H,5,8-12H2,(H,21,24). The average molecular weight is 339 g/mol. The van der Waals surface area contributed by atoms with Crippen LogP contribution in [-0.4, -0.2) is 53.7 Å². The van der Waals surface area contributed by atoms with Gasteiger partial charge in [0.15, 0.2) is 0 Å². The van der Waals surface area contributed by atoms with Crippen LogP contribution in [0.4, 0.5) is 10.6 Å². The number of piperazine rings is 1. The molecule has 130 valence electrons. The number of para-hydroxylation sites is 1. The van der Waals surface area contributed by atoms with Gasteiger partial charge in [0, 0.05) is 50.6 Å². The number of rotatable bonds is 2. The molecule has 1 atom stereocenters. The van der Waals surface area contributed by atoms with Crippen molar-refractivity contribution in [1.29, 1.82) is 0 Å². The van der Waals surface area contributed by atoms with Crippen LogP contribution in [0, 0.1) is 0 Å². The Morgan fingerprint density at radius 2 is 2.00 bits per heavy atom. The van der Waals surface area contributed by atoms with Gasteiger partial charge in [-0.1, -0.05) is 18.2 Å². The van der Waals surface area contributed by atoms with E-state index in [4.69, 9.17) is 4.74 Å². The molecule has 0 aliphatic carbocycles. The van der Waals surface area contributed by atoms with Crippen molar-refractivity contribution >= 4 is 11.8 Å². The molecule has 2 amide bonds. The maximum atomic E-state index is 12.6. The predicted octanol–water partition coefficient (Wildman–Crippen LogP) is 1.83. The van der Waals surface area contributed by atoms with Crippen LogP contribution in [0.3, 0.4) is 0 Å². The first-order chi connectivity index (χ1) is 12.3. The number of carbonyl (C=O) groups excluding carboxylic acids is 1. The number of hydrogen-bond donors (Lipinski definition) is 1. The predicted molar refractivity (Wildman–Crippen MR) is 93.6 cm³/mol. The SMILES string of the molecule is O=C(NC1CCOc2ccccc21)N1CCN(c2cnccn2)CC1. The van der Waals surface area contributed by atoms with Gasteiger partial charge in [-0.15, -0.1) is 0 Å². The monoisotopic (exact) mass is 339 g/mol. The molecule has 25 heavy (non-hydrogen) atoms. The van der Waals surface area contributed by atoms with E-state index in [1.807, 2.05) is 29.2 Å². The topological polar surface area (TPSA) is 70.6 Å². The van der Waals surface area contributed by atoms with Crippen molar-refractivity contribution < 1.29 is 9.53 Å². The second kappa shape index (κ2) is 6.96. The van der Waals surface area contributed by atoms with Gasteiger partial charge >= 0.3 is 6.03 Å². The van der Waals surface area contributed by atoms with Crippen LogP contribution in [0.15, 0.2) is 42.9 Å². The molecule has 1 aromatic carbocycles. The minimum absolute atomic E-state index is 0.00969. The highest BCUT2D eigenvalue weighted by atomic mass is 16.5. The lowest BCUT2D eigenvalue weighted by molar-refractivity contribution is 0.183. The van der Waals surface area contributed by atoms with E-state index < -0.39 is 0 Å². The zero-order valence-corrected chi connectivity index (χ0v) is 14.0. The molecular formula is C18H21N5O2. The van der Waals surface area contributed by atoms with Gasteiger partial charge in [-0.25, -0.2) is 9.78 Å². The number of nitrogens with zero attached hydrogens (tertiary/aromatic N) is 4. The number of carbonyl (C=O) groups is 1. The first-order valence-electron chi connectivity index (χ1n) is 8.59. The maximum absolute atomic E-state index is 12.6. The third-order valence-corrected chi connectivity index (χ3v) is 4.70. The van der Waals surface area contributed by atoms with Crippen molar-refractivity contribution in [3.8, 4) is 5.75 Å². The molecule has 2 aromatic rings. The number of aromatic nitrogens is 2. The molecule has 3 heterocycles. The number of ether oxygens (including phenoxy) is 1. The third kappa shape index (κ3) is 3.35. The number of anilines is 1. The molecule has 1 aromatic heterocycles. The molecule has 0 saturated carbocycles. The Labute approximate surface area is 146 Å². The highest BCUT2D eigenvalue weighted by Gasteiger charge is 2.27. The summed E-state index contributed by atoms with van der Waals surface area (Å²) in [7, 11) is 0. The van der Waals surface area contributed by atoms with E-state index in [0.29, 0.717) is 19.7 Å². The van der Waals surface area contributed by atoms with Crippen molar-refractivity contribution in [3.05, 3.63) is 48.4 Å². The average Bonchev–Trinajstić information content (AvgIpc) is 2.69. The fourth-order valence-electron chi connectivity index (χ4n) is 3.33. The van der Waals surface area contributed by atoms with Gasteiger partial charge in [-0.05, 0) is 6.07 Å². The first-order valence-corrected chi connectivity index (χ1v) is 8.59. The molecule has 1 saturated heterocycles. The molecule has 1 N–H and O–H groups in total. The van der Waals surface area contributed by atoms with Gasteiger partial charge in [0.2, 0.25) is 0 Å². The van der Waals surface area contributed by atoms with Crippen molar-refractivity contribution in [2.75, 3.05) is 37.7 Å². The molecule has 7 heteroatoms. The summed E-state index contributed by atoms with van der Waals surface area (Å²) in [4.78, 5) is 25.1. The smallest absolute Gasteiger partial charge is 0.318 e. The largest absolute Gasteiger partial charge is 0.493 e. The third-order valence-electron chi connectivity index (χ3n) is 4.70. The summed E-state index contributed by atoms with van der Waals surface area (Å²) in [5, 5.41) is 3.16. The lowest BCUT2D eigenvalue weighted by atomic mass is 10.0. The summed E-state index contributed by atoms with van der Waals surface area (Å²) >= 11 is 0. The minimum Gasteiger partial charge on any atom is -0.493 e. The fraction of sp³-hybridized carbons (Fsp3) is 0.389. The number of hydrogen-bond acceptors (Lipinski definition) is 5. The van der Waals surface area contributed by atoms with Gasteiger partial charge in [0.25, 0.3) is 0 Å².